The molecule has 0 saturated heterocycles. The second-order valence-corrected chi connectivity index (χ2v) is 17.4. The molecule has 230 valence electrons. The first-order valence-electron chi connectivity index (χ1n) is 16.1. The van der Waals surface area contributed by atoms with Gasteiger partial charge in [-0.2, -0.15) is 0 Å². The zero-order valence-electron chi connectivity index (χ0n) is 27.7. The molecule has 0 aromatic carbocycles. The average molecular weight is 607 g/mol. The standard InChI is InChI=1S/C38H54O2S2/c1-10-11-14-29-20-27(22-31(41-29)16-18-37(4,5)6)24-33-35(39)34(36(33)40)25-28-21-30(15-12-13-26(2)3)42-32(23-28)17-19-38(7,8)9/h20-26H,10-19H2,1-9H3. The summed E-state index contributed by atoms with van der Waals surface area (Å²) in [5, 5.41) is 13.3. The van der Waals surface area contributed by atoms with Crippen molar-refractivity contribution in [3.05, 3.63) is 78.0 Å². The largest absolute Gasteiger partial charge is 0.871 e. The molecule has 1 aliphatic heterocycles. The van der Waals surface area contributed by atoms with Gasteiger partial charge in [-0.05, 0) is 101 Å². The number of thioether (sulfide) groups is 1. The monoisotopic (exact) mass is 606 g/mol. The van der Waals surface area contributed by atoms with Crippen molar-refractivity contribution in [3.63, 3.8) is 0 Å². The highest BCUT2D eigenvalue weighted by Gasteiger charge is 2.27. The molecule has 1 aliphatic carbocycles. The lowest BCUT2D eigenvalue weighted by molar-refractivity contribution is -0.300. The number of carbonyl (C=O) groups excluding carboxylic acids is 1. The van der Waals surface area contributed by atoms with Crippen LogP contribution in [0.4, 0.5) is 0 Å². The lowest BCUT2D eigenvalue weighted by Crippen LogP contribution is -2.29. The fourth-order valence-corrected chi connectivity index (χ4v) is 7.36. The minimum atomic E-state index is -0.121. The predicted octanol–water partition coefficient (Wildman–Crippen LogP) is 11.0. The molecule has 0 spiro atoms. The first-order chi connectivity index (χ1) is 19.6. The predicted molar refractivity (Wildman–Crippen MR) is 184 cm³/mol. The van der Waals surface area contributed by atoms with Crippen molar-refractivity contribution < 1.29 is 9.90 Å². The molecule has 0 bridgehead atoms. The molecule has 2 aliphatic rings. The maximum atomic E-state index is 13.3. The normalized spacial score (nSPS) is 18.2. The maximum Gasteiger partial charge on any atom is 0.218 e. The quantitative estimate of drug-likeness (QED) is 0.166. The number of ketones is 1. The molecule has 0 unspecified atom stereocenters. The molecular weight excluding hydrogens is 553 g/mol. The van der Waals surface area contributed by atoms with Gasteiger partial charge in [0.1, 0.15) is 0 Å². The van der Waals surface area contributed by atoms with Crippen molar-refractivity contribution in [1.29, 1.82) is 0 Å². The van der Waals surface area contributed by atoms with E-state index < -0.39 is 0 Å². The Labute approximate surface area is 265 Å². The maximum absolute atomic E-state index is 13.3. The van der Waals surface area contributed by atoms with Crippen LogP contribution in [0.5, 0.6) is 0 Å². The summed E-state index contributed by atoms with van der Waals surface area (Å²) in [5.41, 5.74) is 3.15. The van der Waals surface area contributed by atoms with Gasteiger partial charge in [0.05, 0.1) is 0 Å². The number of rotatable bonds is 13. The Morgan fingerprint density at radius 3 is 2.02 bits per heavy atom. The third kappa shape index (κ3) is 11.3. The Morgan fingerprint density at radius 1 is 0.857 bits per heavy atom. The zero-order valence-corrected chi connectivity index (χ0v) is 29.4. The molecule has 0 radical (unpaired) electrons. The van der Waals surface area contributed by atoms with Gasteiger partial charge in [-0.3, -0.25) is 4.79 Å². The third-order valence-electron chi connectivity index (χ3n) is 7.66. The fourth-order valence-electron chi connectivity index (χ4n) is 5.00. The zero-order chi connectivity index (χ0) is 31.1. The summed E-state index contributed by atoms with van der Waals surface area (Å²) in [7, 11) is 0. The Hall–Kier alpha value is -1.91. The van der Waals surface area contributed by atoms with Gasteiger partial charge in [0, 0.05) is 36.1 Å². The van der Waals surface area contributed by atoms with Gasteiger partial charge in [-0.1, -0.05) is 92.7 Å². The van der Waals surface area contributed by atoms with E-state index in [4.69, 9.17) is 0 Å². The summed E-state index contributed by atoms with van der Waals surface area (Å²) in [5.74, 6) is 0.451. The van der Waals surface area contributed by atoms with Gasteiger partial charge >= 0.3 is 0 Å². The summed E-state index contributed by atoms with van der Waals surface area (Å²) in [6, 6.07) is 4.37. The fraction of sp³-hybridized carbons (Fsp3) is 0.579. The second-order valence-electron chi connectivity index (χ2n) is 14.9. The van der Waals surface area contributed by atoms with E-state index in [9.17, 15) is 9.90 Å². The highest BCUT2D eigenvalue weighted by atomic mass is 32.2. The van der Waals surface area contributed by atoms with Crippen molar-refractivity contribution in [2.24, 2.45) is 16.7 Å². The van der Waals surface area contributed by atoms with Crippen LogP contribution >= 0.6 is 23.1 Å². The third-order valence-corrected chi connectivity index (χ3v) is 10.00. The second kappa shape index (κ2) is 15.2. The first-order valence-corrected chi connectivity index (χ1v) is 17.7. The lowest BCUT2D eigenvalue weighted by Gasteiger charge is -2.29. The van der Waals surface area contributed by atoms with E-state index in [-0.39, 0.29) is 22.4 Å². The summed E-state index contributed by atoms with van der Waals surface area (Å²) in [4.78, 5) is 18.6. The van der Waals surface area contributed by atoms with E-state index in [1.807, 2.05) is 35.3 Å². The lowest BCUT2D eigenvalue weighted by atomic mass is 9.85. The molecule has 3 rings (SSSR count). The topological polar surface area (TPSA) is 40.1 Å². The minimum Gasteiger partial charge on any atom is -0.871 e. The van der Waals surface area contributed by atoms with Crippen LogP contribution in [-0.2, 0) is 17.6 Å². The molecule has 0 amide bonds. The van der Waals surface area contributed by atoms with E-state index in [0.29, 0.717) is 17.1 Å². The van der Waals surface area contributed by atoms with E-state index in [2.05, 4.69) is 86.6 Å². The van der Waals surface area contributed by atoms with Crippen molar-refractivity contribution in [2.45, 2.75) is 127 Å². The molecule has 2 nitrogen and oxygen atoms in total. The van der Waals surface area contributed by atoms with Crippen LogP contribution in [0.3, 0.4) is 0 Å². The average Bonchev–Trinajstić information content (AvgIpc) is 2.90. The van der Waals surface area contributed by atoms with Crippen LogP contribution in [0.15, 0.2) is 62.6 Å². The van der Waals surface area contributed by atoms with E-state index in [1.165, 1.54) is 26.0 Å². The molecule has 1 aromatic heterocycles. The van der Waals surface area contributed by atoms with Gasteiger partial charge < -0.3 is 5.11 Å². The molecular formula is C38H54O2S2. The minimum absolute atomic E-state index is 0.121. The molecule has 0 N–H and O–H groups in total. The smallest absolute Gasteiger partial charge is 0.218 e. The SMILES string of the molecule is CCCCc1cc(C=C2C(=O)C(C=C3C=C(CCCC(C)C)SC(CCC(C)(C)C)=C3)=C2[O-])cc(CCC(C)(C)C)[s+]1. The van der Waals surface area contributed by atoms with Gasteiger partial charge in [0.15, 0.2) is 5.78 Å². The Morgan fingerprint density at radius 2 is 1.45 bits per heavy atom. The molecule has 0 atom stereocenters. The summed E-state index contributed by atoms with van der Waals surface area (Å²) in [6.45, 7) is 20.4. The number of carbonyl (C=O) groups is 1. The van der Waals surface area contributed by atoms with E-state index in [1.54, 1.807) is 0 Å². The highest BCUT2D eigenvalue weighted by molar-refractivity contribution is 8.06. The van der Waals surface area contributed by atoms with E-state index in [0.717, 1.165) is 68.9 Å². The van der Waals surface area contributed by atoms with Gasteiger partial charge in [0.2, 0.25) is 21.1 Å². The number of hydrogen-bond acceptors (Lipinski definition) is 3. The van der Waals surface area contributed by atoms with Crippen molar-refractivity contribution >= 4 is 35.0 Å². The summed E-state index contributed by atoms with van der Waals surface area (Å²) >= 11 is 3.77. The van der Waals surface area contributed by atoms with Gasteiger partial charge in [0.25, 0.3) is 0 Å². The number of hydrogen-bond donors (Lipinski definition) is 0. The Balaban J connectivity index is 1.89. The molecule has 2 heterocycles. The first kappa shape index (κ1) is 34.6. The van der Waals surface area contributed by atoms with Crippen molar-refractivity contribution in [1.82, 2.24) is 0 Å². The highest BCUT2D eigenvalue weighted by Crippen LogP contribution is 2.41. The molecule has 1 aromatic rings. The molecule has 0 fully saturated rings. The van der Waals surface area contributed by atoms with Crippen LogP contribution in [0.2, 0.25) is 0 Å². The van der Waals surface area contributed by atoms with Crippen molar-refractivity contribution in [3.8, 4) is 0 Å². The number of aryl methyl sites for hydroxylation is 2. The van der Waals surface area contributed by atoms with Crippen LogP contribution in [0, 0.1) is 16.7 Å². The van der Waals surface area contributed by atoms with E-state index >= 15 is 0 Å². The number of Topliss-reactive ketones (excluding diaryl/α,β-unsaturated/α-hetero) is 1. The molecule has 42 heavy (non-hydrogen) atoms. The molecule has 4 heteroatoms. The number of unbranched alkanes of at least 4 members (excludes halogenated alkanes) is 1. The van der Waals surface area contributed by atoms with Gasteiger partial charge in [-0.15, -0.1) is 0 Å². The van der Waals surface area contributed by atoms with Crippen LogP contribution in [0.25, 0.3) is 6.08 Å². The Kier molecular flexibility index (Phi) is 12.5. The van der Waals surface area contributed by atoms with Crippen molar-refractivity contribution in [2.75, 3.05) is 0 Å². The van der Waals surface area contributed by atoms with Crippen LogP contribution < -0.4 is 5.11 Å². The van der Waals surface area contributed by atoms with Gasteiger partial charge in [-0.25, -0.2) is 0 Å². The number of allylic oxidation sites excluding steroid dienone is 8. The van der Waals surface area contributed by atoms with Crippen LogP contribution in [0.1, 0.15) is 129 Å². The van der Waals surface area contributed by atoms with Crippen LogP contribution in [-0.4, -0.2) is 5.78 Å². The summed E-state index contributed by atoms with van der Waals surface area (Å²) < 4.78 is 0. The summed E-state index contributed by atoms with van der Waals surface area (Å²) in [6.07, 6.45) is 19.1. The Bertz CT molecular complexity index is 1270. The molecule has 0 saturated carbocycles.